The van der Waals surface area contributed by atoms with Gasteiger partial charge in [-0.15, -0.1) is 24.0 Å². The summed E-state index contributed by atoms with van der Waals surface area (Å²) in [6.07, 6.45) is 6.73. The number of amides is 1. The number of halogens is 1. The summed E-state index contributed by atoms with van der Waals surface area (Å²) in [5.41, 5.74) is -0.164. The number of guanidine groups is 1. The average molecular weight is 524 g/mol. The molecule has 2 aliphatic carbocycles. The summed E-state index contributed by atoms with van der Waals surface area (Å²) in [4.78, 5) is 19.1. The van der Waals surface area contributed by atoms with Crippen molar-refractivity contribution < 1.29 is 14.3 Å². The fourth-order valence-electron chi connectivity index (χ4n) is 3.50. The lowest BCUT2D eigenvalue weighted by molar-refractivity contribution is 0.0238. The number of nitrogens with one attached hydrogen (secondary N) is 2. The quantitative estimate of drug-likeness (QED) is 0.259. The predicted molar refractivity (Wildman–Crippen MR) is 128 cm³/mol. The van der Waals surface area contributed by atoms with Gasteiger partial charge in [-0.25, -0.2) is 4.79 Å². The molecule has 0 radical (unpaired) electrons. The lowest BCUT2D eigenvalue weighted by atomic mass is 9.67. The topological polar surface area (TPSA) is 75.2 Å². The molecule has 0 unspecified atom stereocenters. The highest BCUT2D eigenvalue weighted by Crippen LogP contribution is 2.44. The summed E-state index contributed by atoms with van der Waals surface area (Å²) in [6.45, 7) is 11.5. The summed E-state index contributed by atoms with van der Waals surface area (Å²) in [6, 6.07) is 0.323. The van der Waals surface area contributed by atoms with E-state index in [4.69, 9.17) is 14.5 Å². The van der Waals surface area contributed by atoms with Crippen LogP contribution < -0.4 is 10.6 Å². The van der Waals surface area contributed by atoms with E-state index in [0.717, 1.165) is 44.9 Å². The summed E-state index contributed by atoms with van der Waals surface area (Å²) in [5, 5.41) is 6.71. The van der Waals surface area contributed by atoms with Gasteiger partial charge >= 0.3 is 6.09 Å². The van der Waals surface area contributed by atoms with Crippen LogP contribution in [0.5, 0.6) is 0 Å². The second-order valence-electron chi connectivity index (χ2n) is 9.12. The van der Waals surface area contributed by atoms with Gasteiger partial charge in [0, 0.05) is 45.9 Å². The Labute approximate surface area is 193 Å². The van der Waals surface area contributed by atoms with Crippen LogP contribution in [0, 0.1) is 5.41 Å². The molecule has 1 amide bonds. The molecular weight excluding hydrogens is 483 g/mol. The van der Waals surface area contributed by atoms with E-state index in [9.17, 15) is 4.79 Å². The third kappa shape index (κ3) is 9.27. The molecule has 0 aliphatic heterocycles. The van der Waals surface area contributed by atoms with Crippen molar-refractivity contribution in [2.75, 3.05) is 39.9 Å². The number of carbonyl (C=O) groups is 1. The first-order valence-electron chi connectivity index (χ1n) is 10.8. The van der Waals surface area contributed by atoms with Gasteiger partial charge in [-0.05, 0) is 65.2 Å². The van der Waals surface area contributed by atoms with E-state index in [-0.39, 0.29) is 30.1 Å². The molecule has 8 heteroatoms. The molecule has 0 bridgehead atoms. The van der Waals surface area contributed by atoms with Crippen LogP contribution in [-0.4, -0.2) is 68.5 Å². The van der Waals surface area contributed by atoms with E-state index in [0.29, 0.717) is 24.5 Å². The Bertz CT molecular complexity index is 529. The Morgan fingerprint density at radius 3 is 2.41 bits per heavy atom. The molecule has 2 aliphatic rings. The van der Waals surface area contributed by atoms with E-state index in [1.807, 2.05) is 25.7 Å². The molecule has 2 fully saturated rings. The minimum Gasteiger partial charge on any atom is -0.444 e. The van der Waals surface area contributed by atoms with Crippen molar-refractivity contribution in [2.45, 2.75) is 77.9 Å². The Kier molecular flexibility index (Phi) is 11.0. The number of methoxy groups -OCH3 is 1. The van der Waals surface area contributed by atoms with Gasteiger partial charge in [0.1, 0.15) is 5.60 Å². The van der Waals surface area contributed by atoms with Gasteiger partial charge in [-0.1, -0.05) is 6.42 Å². The molecule has 0 heterocycles. The first-order valence-corrected chi connectivity index (χ1v) is 10.8. The summed E-state index contributed by atoms with van der Waals surface area (Å²) >= 11 is 0. The molecule has 2 rings (SSSR count). The van der Waals surface area contributed by atoms with Gasteiger partial charge in [0.2, 0.25) is 0 Å². The highest BCUT2D eigenvalue weighted by atomic mass is 127. The molecule has 0 saturated heterocycles. The fraction of sp³-hybridized carbons (Fsp3) is 0.905. The van der Waals surface area contributed by atoms with Gasteiger partial charge in [0.05, 0.1) is 0 Å². The first kappa shape index (κ1) is 26.3. The van der Waals surface area contributed by atoms with Gasteiger partial charge < -0.3 is 25.0 Å². The van der Waals surface area contributed by atoms with E-state index >= 15 is 0 Å². The summed E-state index contributed by atoms with van der Waals surface area (Å²) in [7, 11) is 1.76. The second-order valence-corrected chi connectivity index (χ2v) is 9.12. The number of hydrogen-bond acceptors (Lipinski definition) is 4. The van der Waals surface area contributed by atoms with Crippen LogP contribution in [0.3, 0.4) is 0 Å². The van der Waals surface area contributed by atoms with E-state index in [1.165, 1.54) is 19.3 Å². The van der Waals surface area contributed by atoms with Crippen LogP contribution in [0.2, 0.25) is 0 Å². The number of aliphatic imine (C=N–C) groups is 1. The normalized spacial score (nSPS) is 18.3. The Hall–Kier alpha value is -0.770. The molecule has 2 N–H and O–H groups in total. The lowest BCUT2D eigenvalue weighted by Crippen LogP contribution is -2.45. The average Bonchev–Trinajstić information content (AvgIpc) is 3.40. The van der Waals surface area contributed by atoms with Crippen LogP contribution in [0.4, 0.5) is 4.79 Å². The van der Waals surface area contributed by atoms with Crippen molar-refractivity contribution in [3.05, 3.63) is 0 Å². The van der Waals surface area contributed by atoms with E-state index in [2.05, 4.69) is 17.6 Å². The zero-order chi connectivity index (χ0) is 20.6. The SMILES string of the molecule is CCNC(=NCC1(CCOC)CCC1)NCCN(C(=O)OC(C)(C)C)C1CC1.I. The van der Waals surface area contributed by atoms with Crippen LogP contribution in [0.1, 0.15) is 66.2 Å². The lowest BCUT2D eigenvalue weighted by Gasteiger charge is -2.40. The second kappa shape index (κ2) is 12.2. The third-order valence-electron chi connectivity index (χ3n) is 5.43. The van der Waals surface area contributed by atoms with Crippen LogP contribution in [0.25, 0.3) is 0 Å². The van der Waals surface area contributed by atoms with Crippen LogP contribution >= 0.6 is 24.0 Å². The molecule has 170 valence electrons. The maximum absolute atomic E-state index is 12.5. The molecule has 0 atom stereocenters. The summed E-state index contributed by atoms with van der Waals surface area (Å²) in [5.74, 6) is 0.825. The zero-order valence-corrected chi connectivity index (χ0v) is 21.2. The van der Waals surface area contributed by atoms with Gasteiger partial charge in [-0.2, -0.15) is 0 Å². The molecular formula is C21H41IN4O3. The van der Waals surface area contributed by atoms with Crippen molar-refractivity contribution in [1.29, 1.82) is 0 Å². The molecule has 0 aromatic carbocycles. The summed E-state index contributed by atoms with van der Waals surface area (Å²) < 4.78 is 10.8. The highest BCUT2D eigenvalue weighted by Gasteiger charge is 2.37. The largest absolute Gasteiger partial charge is 0.444 e. The van der Waals surface area contributed by atoms with E-state index < -0.39 is 5.60 Å². The maximum Gasteiger partial charge on any atom is 0.410 e. The first-order chi connectivity index (χ1) is 13.3. The number of nitrogens with zero attached hydrogens (tertiary/aromatic N) is 2. The van der Waals surface area contributed by atoms with Gasteiger partial charge in [0.25, 0.3) is 0 Å². The maximum atomic E-state index is 12.5. The molecule has 0 aromatic rings. The van der Waals surface area contributed by atoms with Crippen molar-refractivity contribution in [2.24, 2.45) is 10.4 Å². The smallest absolute Gasteiger partial charge is 0.410 e. The van der Waals surface area contributed by atoms with Gasteiger partial charge in [0.15, 0.2) is 5.96 Å². The number of hydrogen-bond donors (Lipinski definition) is 2. The molecule has 7 nitrogen and oxygen atoms in total. The molecule has 29 heavy (non-hydrogen) atoms. The van der Waals surface area contributed by atoms with Crippen molar-refractivity contribution in [3.63, 3.8) is 0 Å². The van der Waals surface area contributed by atoms with Crippen molar-refractivity contribution in [1.82, 2.24) is 15.5 Å². The van der Waals surface area contributed by atoms with Gasteiger partial charge in [-0.3, -0.25) is 4.99 Å². The predicted octanol–water partition coefficient (Wildman–Crippen LogP) is 3.77. The number of ether oxygens (including phenoxy) is 2. The fourth-order valence-corrected chi connectivity index (χ4v) is 3.50. The molecule has 2 saturated carbocycles. The number of rotatable bonds is 10. The minimum atomic E-state index is -0.465. The Morgan fingerprint density at radius 1 is 1.24 bits per heavy atom. The molecule has 0 aromatic heterocycles. The van der Waals surface area contributed by atoms with Crippen LogP contribution in [-0.2, 0) is 9.47 Å². The Balaban J connectivity index is 0.00000420. The zero-order valence-electron chi connectivity index (χ0n) is 18.9. The number of carbonyl (C=O) groups excluding carboxylic acids is 1. The monoisotopic (exact) mass is 524 g/mol. The van der Waals surface area contributed by atoms with Crippen molar-refractivity contribution >= 4 is 36.0 Å². The Morgan fingerprint density at radius 2 is 1.93 bits per heavy atom. The molecule has 0 spiro atoms. The standard InChI is InChI=1S/C21H40N4O3.HI/c1-6-22-18(24-16-21(10-7-11-21)12-15-27-5)23-13-14-25(17-8-9-17)19(26)28-20(2,3)4;/h17H,6-16H2,1-5H3,(H2,22,23,24);1H. The highest BCUT2D eigenvalue weighted by molar-refractivity contribution is 14.0. The van der Waals surface area contributed by atoms with E-state index in [1.54, 1.807) is 7.11 Å². The third-order valence-corrected chi connectivity index (χ3v) is 5.43. The van der Waals surface area contributed by atoms with Crippen LogP contribution in [0.15, 0.2) is 4.99 Å². The van der Waals surface area contributed by atoms with Crippen molar-refractivity contribution in [3.8, 4) is 0 Å². The minimum absolute atomic E-state index is 0.